The molecule has 0 aliphatic heterocycles. The molecule has 0 aliphatic rings. The van der Waals surface area contributed by atoms with Crippen LogP contribution in [0.3, 0.4) is 0 Å². The van der Waals surface area contributed by atoms with Crippen LogP contribution >= 0.6 is 0 Å². The Hall–Kier alpha value is -1.60. The smallest absolute Gasteiger partial charge is 0.427 e. The minimum absolute atomic E-state index is 0. The zero-order valence-corrected chi connectivity index (χ0v) is 15.0. The predicted octanol–water partition coefficient (Wildman–Crippen LogP) is 3.48. The molecule has 27 heavy (non-hydrogen) atoms. The second-order valence-electron chi connectivity index (χ2n) is 6.31. The van der Waals surface area contributed by atoms with Crippen LogP contribution in [0.1, 0.15) is 64.4 Å². The van der Waals surface area contributed by atoms with Gasteiger partial charge in [0.1, 0.15) is 0 Å². The van der Waals surface area contributed by atoms with Gasteiger partial charge in [0.05, 0.1) is 0 Å². The molecule has 4 N–H and O–H groups in total. The summed E-state index contributed by atoms with van der Waals surface area (Å²) in [6.45, 7) is 0. The lowest BCUT2D eigenvalue weighted by atomic mass is 9.83. The Balaban J connectivity index is 0. The molecule has 1 rings (SSSR count). The summed E-state index contributed by atoms with van der Waals surface area (Å²) in [5.41, 5.74) is 6.86. The second-order valence-corrected chi connectivity index (χ2v) is 6.31. The lowest BCUT2D eigenvalue weighted by molar-refractivity contribution is -0.191. The highest BCUT2D eigenvalue weighted by Crippen LogP contribution is 2.14. The molecule has 1 aromatic carbocycles. The van der Waals surface area contributed by atoms with Crippen molar-refractivity contribution in [2.75, 3.05) is 0 Å². The lowest BCUT2D eigenvalue weighted by Gasteiger charge is -2.11. The van der Waals surface area contributed by atoms with E-state index >= 15 is 0 Å². The molecule has 0 fully saturated rings. The molecule has 0 aliphatic carbocycles. The minimum atomic E-state index is -1.21. The highest BCUT2D eigenvalue weighted by atomic mass is 19.2. The van der Waals surface area contributed by atoms with Crippen molar-refractivity contribution in [3.05, 3.63) is 35.4 Å². The average molecular weight is 387 g/mol. The van der Waals surface area contributed by atoms with E-state index in [-0.39, 0.29) is 19.6 Å². The summed E-state index contributed by atoms with van der Waals surface area (Å²) in [6, 6.07) is 4.27. The van der Waals surface area contributed by atoms with Gasteiger partial charge in [0.15, 0.2) is 11.6 Å². The van der Waals surface area contributed by atoms with Crippen molar-refractivity contribution in [3.8, 4) is 0 Å². The molecule has 5 nitrogen and oxygen atoms in total. The molecular weight excluding hydrogens is 355 g/mol. The standard InChI is InChI=1S/C17H28BF2NO2.CO2.CH4/c19-16-11-10-14(13-17(16)20)7-3-1-2-4-8-15(21)9-5-6-12-18(22)23;2-1-3;/h10-11,13,15,22-23H,1-9,12,21H2;;1H4. The van der Waals surface area contributed by atoms with Gasteiger partial charge >= 0.3 is 13.3 Å². The van der Waals surface area contributed by atoms with E-state index in [9.17, 15) is 8.78 Å². The number of unbranched alkanes of at least 4 members (excludes halogenated alkanes) is 4. The van der Waals surface area contributed by atoms with Gasteiger partial charge in [-0.3, -0.25) is 0 Å². The van der Waals surface area contributed by atoms with Crippen molar-refractivity contribution in [2.24, 2.45) is 5.73 Å². The van der Waals surface area contributed by atoms with E-state index in [1.807, 2.05) is 0 Å². The van der Waals surface area contributed by atoms with Crippen molar-refractivity contribution >= 4 is 13.3 Å². The van der Waals surface area contributed by atoms with E-state index in [2.05, 4.69) is 0 Å². The van der Waals surface area contributed by atoms with Crippen LogP contribution in [0.2, 0.25) is 6.32 Å². The molecule has 0 bridgehead atoms. The average Bonchev–Trinajstić information content (AvgIpc) is 2.58. The van der Waals surface area contributed by atoms with Crippen molar-refractivity contribution in [2.45, 2.75) is 77.6 Å². The molecule has 0 saturated heterocycles. The number of carbonyl (C=O) groups excluding carboxylic acids is 2. The van der Waals surface area contributed by atoms with E-state index in [1.165, 1.54) is 12.1 Å². The summed E-state index contributed by atoms with van der Waals surface area (Å²) in [7, 11) is -1.21. The molecule has 0 amide bonds. The van der Waals surface area contributed by atoms with Crippen LogP contribution < -0.4 is 5.73 Å². The molecule has 1 aromatic rings. The summed E-state index contributed by atoms with van der Waals surface area (Å²) in [4.78, 5) is 16.2. The van der Waals surface area contributed by atoms with Gasteiger partial charge in [-0.15, -0.1) is 0 Å². The molecule has 0 aromatic heterocycles. The third kappa shape index (κ3) is 16.3. The van der Waals surface area contributed by atoms with Crippen LogP contribution in [-0.2, 0) is 16.0 Å². The Labute approximate surface area is 161 Å². The highest BCUT2D eigenvalue weighted by Gasteiger charge is 2.07. The lowest BCUT2D eigenvalue weighted by Crippen LogP contribution is -2.19. The molecule has 0 saturated carbocycles. The number of halogens is 2. The number of benzene rings is 1. The number of hydrogen-bond donors (Lipinski definition) is 3. The summed E-state index contributed by atoms with van der Waals surface area (Å²) in [5.74, 6) is -1.57. The maximum atomic E-state index is 13.1. The van der Waals surface area contributed by atoms with Gasteiger partial charge < -0.3 is 15.8 Å². The Morgan fingerprint density at radius 3 is 2.07 bits per heavy atom. The van der Waals surface area contributed by atoms with E-state index in [0.29, 0.717) is 6.32 Å². The van der Waals surface area contributed by atoms with Crippen LogP contribution in [0.4, 0.5) is 8.78 Å². The molecule has 1 unspecified atom stereocenters. The van der Waals surface area contributed by atoms with Gasteiger partial charge in [0.25, 0.3) is 0 Å². The van der Waals surface area contributed by atoms with Gasteiger partial charge in [0.2, 0.25) is 0 Å². The first-order valence-electron chi connectivity index (χ1n) is 8.95. The largest absolute Gasteiger partial charge is 0.451 e. The van der Waals surface area contributed by atoms with Crippen molar-refractivity contribution < 1.29 is 28.4 Å². The summed E-state index contributed by atoms with van der Waals surface area (Å²) < 4.78 is 25.9. The Morgan fingerprint density at radius 1 is 0.963 bits per heavy atom. The number of nitrogens with two attached hydrogens (primary N) is 1. The molecule has 154 valence electrons. The van der Waals surface area contributed by atoms with Crippen LogP contribution in [0.5, 0.6) is 0 Å². The maximum absolute atomic E-state index is 13.1. The zero-order chi connectivity index (χ0) is 19.8. The number of aryl methyl sites for hydroxylation is 1. The Kier molecular flexibility index (Phi) is 18.2. The first-order chi connectivity index (χ1) is 12.4. The summed E-state index contributed by atoms with van der Waals surface area (Å²) in [5, 5.41) is 17.5. The van der Waals surface area contributed by atoms with Gasteiger partial charge in [-0.1, -0.05) is 45.6 Å². The van der Waals surface area contributed by atoms with E-state index in [4.69, 9.17) is 25.4 Å². The fourth-order valence-electron chi connectivity index (χ4n) is 2.66. The topological polar surface area (TPSA) is 101 Å². The SMILES string of the molecule is C.NC(CCCCCCc1ccc(F)c(F)c1)CCCCB(O)O.O=C=O. The van der Waals surface area contributed by atoms with Gasteiger partial charge in [-0.05, 0) is 49.7 Å². The van der Waals surface area contributed by atoms with Crippen LogP contribution in [0.15, 0.2) is 18.2 Å². The van der Waals surface area contributed by atoms with Gasteiger partial charge in [-0.2, -0.15) is 9.59 Å². The van der Waals surface area contributed by atoms with Crippen molar-refractivity contribution in [3.63, 3.8) is 0 Å². The van der Waals surface area contributed by atoms with Gasteiger partial charge in [0, 0.05) is 6.04 Å². The monoisotopic (exact) mass is 387 g/mol. The molecule has 0 radical (unpaired) electrons. The molecule has 1 atom stereocenters. The fraction of sp³-hybridized carbons (Fsp3) is 0.632. The molecular formula is C19H32BF2NO4. The van der Waals surface area contributed by atoms with Crippen LogP contribution in [0, 0.1) is 11.6 Å². The van der Waals surface area contributed by atoms with E-state index in [1.54, 1.807) is 6.07 Å². The molecule has 0 spiro atoms. The molecule has 0 heterocycles. The third-order valence-corrected chi connectivity index (χ3v) is 4.06. The van der Waals surface area contributed by atoms with E-state index in [0.717, 1.165) is 63.4 Å². The first-order valence-corrected chi connectivity index (χ1v) is 8.95. The molecule has 8 heteroatoms. The maximum Gasteiger partial charge on any atom is 0.451 e. The minimum Gasteiger partial charge on any atom is -0.427 e. The zero-order valence-electron chi connectivity index (χ0n) is 15.0. The van der Waals surface area contributed by atoms with E-state index < -0.39 is 18.8 Å². The quantitative estimate of drug-likeness (QED) is 0.377. The number of hydrogen-bond acceptors (Lipinski definition) is 5. The summed E-state index contributed by atoms with van der Waals surface area (Å²) in [6.07, 6.45) is 9.23. The predicted molar refractivity (Wildman–Crippen MR) is 102 cm³/mol. The Morgan fingerprint density at radius 2 is 1.52 bits per heavy atom. The van der Waals surface area contributed by atoms with Crippen molar-refractivity contribution in [1.82, 2.24) is 0 Å². The summed E-state index contributed by atoms with van der Waals surface area (Å²) >= 11 is 0. The highest BCUT2D eigenvalue weighted by molar-refractivity contribution is 6.40. The van der Waals surface area contributed by atoms with Crippen LogP contribution in [-0.4, -0.2) is 29.4 Å². The number of rotatable bonds is 12. The second kappa shape index (κ2) is 17.8. The normalized spacial score (nSPS) is 10.9. The van der Waals surface area contributed by atoms with Gasteiger partial charge in [-0.25, -0.2) is 8.78 Å². The Bertz CT molecular complexity index is 526. The fourth-order valence-corrected chi connectivity index (χ4v) is 2.66. The van der Waals surface area contributed by atoms with Crippen molar-refractivity contribution in [1.29, 1.82) is 0 Å². The van der Waals surface area contributed by atoms with Crippen LogP contribution in [0.25, 0.3) is 0 Å². The first kappa shape index (κ1) is 27.6. The third-order valence-electron chi connectivity index (χ3n) is 4.06.